The first kappa shape index (κ1) is 17.8. The summed E-state index contributed by atoms with van der Waals surface area (Å²) in [7, 11) is 5.03. The lowest BCUT2D eigenvalue weighted by Gasteiger charge is -2.16. The van der Waals surface area contributed by atoms with Crippen molar-refractivity contribution in [2.24, 2.45) is 5.73 Å². The van der Waals surface area contributed by atoms with Gasteiger partial charge in [-0.1, -0.05) is 6.07 Å². The molecule has 7 nitrogen and oxygen atoms in total. The molecule has 122 valence electrons. The summed E-state index contributed by atoms with van der Waals surface area (Å²) in [5.74, 6) is 0.585. The first-order chi connectivity index (χ1) is 10.5. The van der Waals surface area contributed by atoms with Gasteiger partial charge in [-0.15, -0.1) is 0 Å². The van der Waals surface area contributed by atoms with E-state index in [1.165, 1.54) is 0 Å². The number of carbonyl (C=O) groups is 2. The number of likely N-dealkylation sites (N-methyl/N-ethyl adjacent to an activating group) is 1. The molecule has 0 bridgehead atoms. The fourth-order valence-electron chi connectivity index (χ4n) is 1.92. The van der Waals surface area contributed by atoms with Crippen LogP contribution in [0.15, 0.2) is 18.2 Å². The van der Waals surface area contributed by atoms with Gasteiger partial charge in [0.15, 0.2) is 11.5 Å². The van der Waals surface area contributed by atoms with E-state index in [1.807, 2.05) is 30.1 Å². The molecule has 1 aromatic carbocycles. The van der Waals surface area contributed by atoms with Gasteiger partial charge in [-0.3, -0.25) is 14.5 Å². The molecule has 0 fully saturated rings. The molecule has 0 radical (unpaired) electrons. The molecule has 2 amide bonds. The molecule has 3 N–H and O–H groups in total. The van der Waals surface area contributed by atoms with Crippen molar-refractivity contribution in [2.45, 2.75) is 6.42 Å². The number of nitrogens with one attached hydrogen (secondary N) is 1. The molecule has 0 aromatic heterocycles. The third-order valence-corrected chi connectivity index (χ3v) is 3.10. The summed E-state index contributed by atoms with van der Waals surface area (Å²) in [6, 6.07) is 5.73. The number of rotatable bonds is 9. The highest BCUT2D eigenvalue weighted by Gasteiger charge is 2.09. The first-order valence-electron chi connectivity index (χ1n) is 6.90. The Kier molecular flexibility index (Phi) is 7.18. The molecule has 22 heavy (non-hydrogen) atoms. The van der Waals surface area contributed by atoms with Crippen molar-refractivity contribution in [1.29, 1.82) is 0 Å². The molecule has 7 heteroatoms. The Morgan fingerprint density at radius 1 is 1.23 bits per heavy atom. The Hall–Kier alpha value is -2.28. The monoisotopic (exact) mass is 309 g/mol. The number of primary amides is 1. The fourth-order valence-corrected chi connectivity index (χ4v) is 1.92. The lowest BCUT2D eigenvalue weighted by atomic mass is 10.1. The smallest absolute Gasteiger partial charge is 0.236 e. The number of methoxy groups -OCH3 is 2. The molecule has 0 aliphatic rings. The molecule has 0 saturated heterocycles. The summed E-state index contributed by atoms with van der Waals surface area (Å²) in [6.07, 6.45) is 0.764. The zero-order valence-electron chi connectivity index (χ0n) is 13.2. The number of benzene rings is 1. The molecule has 0 aliphatic heterocycles. The van der Waals surface area contributed by atoms with Gasteiger partial charge < -0.3 is 20.5 Å². The van der Waals surface area contributed by atoms with Gasteiger partial charge in [0, 0.05) is 6.54 Å². The summed E-state index contributed by atoms with van der Waals surface area (Å²) in [5, 5.41) is 2.45. The van der Waals surface area contributed by atoms with E-state index in [4.69, 9.17) is 15.2 Å². The van der Waals surface area contributed by atoms with Crippen LogP contribution < -0.4 is 20.5 Å². The molecule has 0 saturated carbocycles. The van der Waals surface area contributed by atoms with E-state index in [0.29, 0.717) is 18.0 Å². The average Bonchev–Trinajstić information content (AvgIpc) is 2.50. The highest BCUT2D eigenvalue weighted by molar-refractivity contribution is 5.84. The second-order valence-electron chi connectivity index (χ2n) is 4.92. The Bertz CT molecular complexity index is 520. The normalized spacial score (nSPS) is 10.4. The lowest BCUT2D eigenvalue weighted by molar-refractivity contribution is -0.125. The number of nitrogens with zero attached hydrogens (tertiary/aromatic N) is 1. The van der Waals surface area contributed by atoms with Crippen LogP contribution in [0.4, 0.5) is 0 Å². The van der Waals surface area contributed by atoms with E-state index in [1.54, 1.807) is 14.2 Å². The molecular weight excluding hydrogens is 286 g/mol. The van der Waals surface area contributed by atoms with Gasteiger partial charge in [-0.05, 0) is 31.2 Å². The minimum atomic E-state index is -0.554. The summed E-state index contributed by atoms with van der Waals surface area (Å²) < 4.78 is 10.4. The van der Waals surface area contributed by atoms with Crippen molar-refractivity contribution in [2.75, 3.05) is 40.9 Å². The van der Waals surface area contributed by atoms with Gasteiger partial charge in [0.2, 0.25) is 11.8 Å². The minimum Gasteiger partial charge on any atom is -0.493 e. The number of nitrogens with two attached hydrogens (primary N) is 1. The summed E-state index contributed by atoms with van der Waals surface area (Å²) in [6.45, 7) is 0.766. The van der Waals surface area contributed by atoms with Crippen LogP contribution in [0, 0.1) is 0 Å². The quantitative estimate of drug-likeness (QED) is 0.658. The van der Waals surface area contributed by atoms with Crippen LogP contribution in [-0.2, 0) is 16.0 Å². The van der Waals surface area contributed by atoms with Gasteiger partial charge in [-0.25, -0.2) is 0 Å². The molecule has 0 spiro atoms. The van der Waals surface area contributed by atoms with Gasteiger partial charge in [0.05, 0.1) is 27.3 Å². The van der Waals surface area contributed by atoms with Crippen molar-refractivity contribution in [3.63, 3.8) is 0 Å². The summed E-state index contributed by atoms with van der Waals surface area (Å²) >= 11 is 0. The number of hydrogen-bond acceptors (Lipinski definition) is 5. The van der Waals surface area contributed by atoms with Crippen molar-refractivity contribution >= 4 is 11.8 Å². The maximum Gasteiger partial charge on any atom is 0.236 e. The fraction of sp³-hybridized carbons (Fsp3) is 0.467. The molecule has 1 rings (SSSR count). The van der Waals surface area contributed by atoms with Crippen molar-refractivity contribution in [3.05, 3.63) is 23.8 Å². The maximum atomic E-state index is 11.6. The molecule has 1 aromatic rings. The van der Waals surface area contributed by atoms with Crippen LogP contribution >= 0.6 is 0 Å². The Morgan fingerprint density at radius 3 is 2.50 bits per heavy atom. The van der Waals surface area contributed by atoms with Crippen LogP contribution in [0.5, 0.6) is 11.5 Å². The topological polar surface area (TPSA) is 93.9 Å². The van der Waals surface area contributed by atoms with Crippen molar-refractivity contribution < 1.29 is 19.1 Å². The molecule has 0 heterocycles. The summed E-state index contributed by atoms with van der Waals surface area (Å²) in [5.41, 5.74) is 6.05. The summed E-state index contributed by atoms with van der Waals surface area (Å²) in [4.78, 5) is 24.0. The first-order valence-corrected chi connectivity index (χ1v) is 6.90. The van der Waals surface area contributed by atoms with E-state index >= 15 is 0 Å². The second kappa shape index (κ2) is 8.89. The SMILES string of the molecule is COc1ccc(CCN(C)CC(=O)NCC(N)=O)cc1OC. The standard InChI is InChI=1S/C15H23N3O4/c1-18(10-15(20)17-9-14(16)19)7-6-11-4-5-12(21-2)13(8-11)22-3/h4-5,8H,6-7,9-10H2,1-3H3,(H2,16,19)(H,17,20). The molecule has 0 unspecified atom stereocenters. The number of amides is 2. The number of carbonyl (C=O) groups excluding carboxylic acids is 2. The highest BCUT2D eigenvalue weighted by atomic mass is 16.5. The van der Waals surface area contributed by atoms with Crippen molar-refractivity contribution in [1.82, 2.24) is 10.2 Å². The highest BCUT2D eigenvalue weighted by Crippen LogP contribution is 2.27. The van der Waals surface area contributed by atoms with E-state index in [9.17, 15) is 9.59 Å². The van der Waals surface area contributed by atoms with E-state index in [2.05, 4.69) is 5.32 Å². The Morgan fingerprint density at radius 2 is 1.91 bits per heavy atom. The van der Waals surface area contributed by atoms with Gasteiger partial charge in [-0.2, -0.15) is 0 Å². The van der Waals surface area contributed by atoms with Crippen LogP contribution in [0.2, 0.25) is 0 Å². The molecule has 0 aliphatic carbocycles. The van der Waals surface area contributed by atoms with E-state index in [-0.39, 0.29) is 19.0 Å². The maximum absolute atomic E-state index is 11.6. The van der Waals surface area contributed by atoms with Gasteiger partial charge >= 0.3 is 0 Å². The van der Waals surface area contributed by atoms with Crippen LogP contribution in [0.1, 0.15) is 5.56 Å². The third kappa shape index (κ3) is 6.01. The largest absolute Gasteiger partial charge is 0.493 e. The average molecular weight is 309 g/mol. The minimum absolute atomic E-state index is 0.137. The zero-order valence-corrected chi connectivity index (χ0v) is 13.2. The second-order valence-corrected chi connectivity index (χ2v) is 4.92. The molecular formula is C15H23N3O4. The van der Waals surface area contributed by atoms with Gasteiger partial charge in [0.1, 0.15) is 0 Å². The third-order valence-electron chi connectivity index (χ3n) is 3.10. The Balaban J connectivity index is 2.45. The van der Waals surface area contributed by atoms with E-state index in [0.717, 1.165) is 12.0 Å². The molecule has 0 atom stereocenters. The van der Waals surface area contributed by atoms with Crippen LogP contribution in [-0.4, -0.2) is 57.6 Å². The predicted molar refractivity (Wildman–Crippen MR) is 83.0 cm³/mol. The predicted octanol–water partition coefficient (Wildman–Crippen LogP) is -0.220. The van der Waals surface area contributed by atoms with Crippen LogP contribution in [0.3, 0.4) is 0 Å². The number of ether oxygens (including phenoxy) is 2. The Labute approximate surface area is 130 Å². The van der Waals surface area contributed by atoms with Crippen molar-refractivity contribution in [3.8, 4) is 11.5 Å². The lowest BCUT2D eigenvalue weighted by Crippen LogP contribution is -2.40. The van der Waals surface area contributed by atoms with E-state index < -0.39 is 5.91 Å². The van der Waals surface area contributed by atoms with Crippen LogP contribution in [0.25, 0.3) is 0 Å². The number of hydrogen-bond donors (Lipinski definition) is 2. The van der Waals surface area contributed by atoms with Gasteiger partial charge in [0.25, 0.3) is 0 Å². The zero-order chi connectivity index (χ0) is 16.5.